The SMILES string of the molecule is CC(C)(C)OC(=O)Nc1ccc(CSSCc2ccc(NC(=O)OC(C)(C)C)cc2)cc1. The summed E-state index contributed by atoms with van der Waals surface area (Å²) < 4.78 is 10.5. The molecule has 0 bridgehead atoms. The molecule has 0 aliphatic heterocycles. The smallest absolute Gasteiger partial charge is 0.412 e. The molecular formula is C24H32N2O4S2. The molecule has 2 aromatic rings. The quantitative estimate of drug-likeness (QED) is 0.319. The molecule has 2 rings (SSSR count). The molecule has 2 amide bonds. The van der Waals surface area contributed by atoms with Crippen molar-refractivity contribution in [2.24, 2.45) is 0 Å². The molecule has 32 heavy (non-hydrogen) atoms. The van der Waals surface area contributed by atoms with Gasteiger partial charge in [0.15, 0.2) is 0 Å². The van der Waals surface area contributed by atoms with Crippen molar-refractivity contribution in [1.29, 1.82) is 0 Å². The molecule has 0 spiro atoms. The van der Waals surface area contributed by atoms with Gasteiger partial charge in [-0.25, -0.2) is 9.59 Å². The maximum Gasteiger partial charge on any atom is 0.412 e. The summed E-state index contributed by atoms with van der Waals surface area (Å²) in [7, 11) is 3.53. The Morgan fingerprint density at radius 3 is 1.25 bits per heavy atom. The van der Waals surface area contributed by atoms with Crippen molar-refractivity contribution in [2.45, 2.75) is 64.3 Å². The molecule has 0 radical (unpaired) electrons. The van der Waals surface area contributed by atoms with E-state index in [0.717, 1.165) is 11.5 Å². The minimum Gasteiger partial charge on any atom is -0.444 e. The lowest BCUT2D eigenvalue weighted by atomic mass is 10.2. The lowest BCUT2D eigenvalue weighted by Gasteiger charge is -2.19. The maximum atomic E-state index is 11.8. The molecule has 0 heterocycles. The van der Waals surface area contributed by atoms with E-state index in [1.54, 1.807) is 21.6 Å². The highest BCUT2D eigenvalue weighted by Gasteiger charge is 2.17. The van der Waals surface area contributed by atoms with Gasteiger partial charge in [-0.05, 0) is 76.9 Å². The Balaban J connectivity index is 1.71. The van der Waals surface area contributed by atoms with Gasteiger partial charge in [-0.1, -0.05) is 45.9 Å². The van der Waals surface area contributed by atoms with E-state index in [0.29, 0.717) is 11.4 Å². The van der Waals surface area contributed by atoms with Crippen molar-refractivity contribution in [3.05, 3.63) is 59.7 Å². The van der Waals surface area contributed by atoms with E-state index in [4.69, 9.17) is 9.47 Å². The highest BCUT2D eigenvalue weighted by Crippen LogP contribution is 2.30. The third-order valence-corrected chi connectivity index (χ3v) is 6.01. The highest BCUT2D eigenvalue weighted by atomic mass is 33.1. The molecule has 0 atom stereocenters. The average molecular weight is 477 g/mol. The number of rotatable bonds is 7. The summed E-state index contributed by atoms with van der Waals surface area (Å²) in [6.07, 6.45) is -0.912. The summed E-state index contributed by atoms with van der Waals surface area (Å²) in [5, 5.41) is 5.47. The van der Waals surface area contributed by atoms with Crippen LogP contribution in [-0.4, -0.2) is 23.4 Å². The zero-order valence-corrected chi connectivity index (χ0v) is 21.1. The van der Waals surface area contributed by atoms with Gasteiger partial charge >= 0.3 is 12.2 Å². The Hall–Kier alpha value is -2.32. The first-order chi connectivity index (χ1) is 14.9. The fourth-order valence-corrected chi connectivity index (χ4v) is 4.57. The molecule has 8 heteroatoms. The van der Waals surface area contributed by atoms with Gasteiger partial charge in [0.2, 0.25) is 0 Å². The molecule has 2 N–H and O–H groups in total. The van der Waals surface area contributed by atoms with E-state index in [1.807, 2.05) is 90.1 Å². The molecule has 0 aliphatic rings. The van der Waals surface area contributed by atoms with Crippen LogP contribution >= 0.6 is 21.6 Å². The van der Waals surface area contributed by atoms with Crippen molar-refractivity contribution in [1.82, 2.24) is 0 Å². The van der Waals surface area contributed by atoms with Crippen LogP contribution in [0.3, 0.4) is 0 Å². The molecule has 6 nitrogen and oxygen atoms in total. The Labute approximate surface area is 198 Å². The van der Waals surface area contributed by atoms with Crippen LogP contribution in [0, 0.1) is 0 Å². The Kier molecular flexibility index (Phi) is 9.33. The second kappa shape index (κ2) is 11.5. The molecule has 0 aromatic heterocycles. The van der Waals surface area contributed by atoms with Crippen LogP contribution in [0.25, 0.3) is 0 Å². The second-order valence-electron chi connectivity index (χ2n) is 9.17. The molecule has 0 saturated heterocycles. The topological polar surface area (TPSA) is 76.7 Å². The van der Waals surface area contributed by atoms with Crippen molar-refractivity contribution in [3.8, 4) is 0 Å². The molecular weight excluding hydrogens is 444 g/mol. The van der Waals surface area contributed by atoms with Gasteiger partial charge in [0.1, 0.15) is 11.2 Å². The van der Waals surface area contributed by atoms with Crippen LogP contribution in [0.4, 0.5) is 21.0 Å². The van der Waals surface area contributed by atoms with Crippen LogP contribution in [0.2, 0.25) is 0 Å². The average Bonchev–Trinajstić information content (AvgIpc) is 2.64. The van der Waals surface area contributed by atoms with Crippen LogP contribution in [0.1, 0.15) is 52.7 Å². The van der Waals surface area contributed by atoms with Crippen molar-refractivity contribution < 1.29 is 19.1 Å². The van der Waals surface area contributed by atoms with Crippen molar-refractivity contribution in [3.63, 3.8) is 0 Å². The number of benzene rings is 2. The molecule has 0 fully saturated rings. The minimum absolute atomic E-state index is 0.456. The standard InChI is InChI=1S/C24H32N2O4S2/c1-23(2,3)29-21(27)25-19-11-7-17(8-12-19)15-31-32-16-18-9-13-20(14-10-18)26-22(28)30-24(4,5)6/h7-14H,15-16H2,1-6H3,(H,25,27)(H,26,28). The number of amides is 2. The minimum atomic E-state index is -0.521. The number of hydrogen-bond acceptors (Lipinski definition) is 6. The normalized spacial score (nSPS) is 11.6. The Morgan fingerprint density at radius 1 is 0.656 bits per heavy atom. The van der Waals surface area contributed by atoms with Gasteiger partial charge < -0.3 is 9.47 Å². The predicted octanol–water partition coefficient (Wildman–Crippen LogP) is 7.46. The monoisotopic (exact) mass is 476 g/mol. The first-order valence-corrected chi connectivity index (χ1v) is 12.8. The summed E-state index contributed by atoms with van der Waals surface area (Å²) in [4.78, 5) is 23.6. The van der Waals surface area contributed by atoms with Crippen LogP contribution in [-0.2, 0) is 21.0 Å². The van der Waals surface area contributed by atoms with Crippen LogP contribution in [0.5, 0.6) is 0 Å². The lowest BCUT2D eigenvalue weighted by molar-refractivity contribution is 0.0624. The second-order valence-corrected chi connectivity index (χ2v) is 11.6. The van der Waals surface area contributed by atoms with E-state index in [9.17, 15) is 9.59 Å². The zero-order chi connectivity index (χ0) is 23.8. The Bertz CT molecular complexity index is 811. The fourth-order valence-electron chi connectivity index (χ4n) is 2.43. The zero-order valence-electron chi connectivity index (χ0n) is 19.5. The molecule has 0 unspecified atom stereocenters. The van der Waals surface area contributed by atoms with Crippen molar-refractivity contribution in [2.75, 3.05) is 10.6 Å². The predicted molar refractivity (Wildman–Crippen MR) is 135 cm³/mol. The van der Waals surface area contributed by atoms with E-state index in [1.165, 1.54) is 11.1 Å². The van der Waals surface area contributed by atoms with Gasteiger partial charge in [0, 0.05) is 22.9 Å². The van der Waals surface area contributed by atoms with Crippen molar-refractivity contribution >= 4 is 45.1 Å². The molecule has 0 aliphatic carbocycles. The summed E-state index contributed by atoms with van der Waals surface area (Å²) in [5.41, 5.74) is 2.73. The largest absolute Gasteiger partial charge is 0.444 e. The molecule has 0 saturated carbocycles. The number of anilines is 2. The number of carbonyl (C=O) groups excluding carboxylic acids is 2. The first-order valence-electron chi connectivity index (χ1n) is 10.3. The van der Waals surface area contributed by atoms with Gasteiger partial charge in [-0.2, -0.15) is 0 Å². The summed E-state index contributed by atoms with van der Waals surface area (Å²) in [5.74, 6) is 1.71. The van der Waals surface area contributed by atoms with E-state index in [2.05, 4.69) is 10.6 Å². The number of nitrogens with one attached hydrogen (secondary N) is 2. The Morgan fingerprint density at radius 2 is 0.969 bits per heavy atom. The third-order valence-electron chi connectivity index (χ3n) is 3.73. The summed E-state index contributed by atoms with van der Waals surface area (Å²) in [6.45, 7) is 11.0. The van der Waals surface area contributed by atoms with E-state index in [-0.39, 0.29) is 0 Å². The molecule has 174 valence electrons. The maximum absolute atomic E-state index is 11.8. The summed E-state index contributed by atoms with van der Waals surface area (Å²) >= 11 is 0. The number of ether oxygens (including phenoxy) is 2. The lowest BCUT2D eigenvalue weighted by Crippen LogP contribution is -2.27. The highest BCUT2D eigenvalue weighted by molar-refractivity contribution is 8.76. The molecule has 2 aromatic carbocycles. The summed E-state index contributed by atoms with van der Waals surface area (Å²) in [6, 6.07) is 15.5. The van der Waals surface area contributed by atoms with Gasteiger partial charge in [-0.3, -0.25) is 10.6 Å². The van der Waals surface area contributed by atoms with Crippen LogP contribution < -0.4 is 10.6 Å². The first kappa shape index (κ1) is 25.9. The van der Waals surface area contributed by atoms with Gasteiger partial charge in [-0.15, -0.1) is 0 Å². The fraction of sp³-hybridized carbons (Fsp3) is 0.417. The van der Waals surface area contributed by atoms with Crippen LogP contribution in [0.15, 0.2) is 48.5 Å². The van der Waals surface area contributed by atoms with E-state index >= 15 is 0 Å². The van der Waals surface area contributed by atoms with Gasteiger partial charge in [0.05, 0.1) is 0 Å². The third kappa shape index (κ3) is 10.8. The van der Waals surface area contributed by atoms with Gasteiger partial charge in [0.25, 0.3) is 0 Å². The number of carbonyl (C=O) groups is 2. The van der Waals surface area contributed by atoms with E-state index < -0.39 is 23.4 Å². The number of hydrogen-bond donors (Lipinski definition) is 2.